The van der Waals surface area contributed by atoms with Gasteiger partial charge in [0.1, 0.15) is 18.5 Å². The second kappa shape index (κ2) is 9.70. The number of nitrogens with one attached hydrogen (secondary N) is 2. The molecule has 2 aromatic carbocycles. The summed E-state index contributed by atoms with van der Waals surface area (Å²) in [5, 5.41) is 16.1. The molecule has 128 valence electrons. The van der Waals surface area contributed by atoms with E-state index in [9.17, 15) is 9.90 Å². The van der Waals surface area contributed by atoms with Gasteiger partial charge in [-0.05, 0) is 23.3 Å². The van der Waals surface area contributed by atoms with E-state index in [1.807, 2.05) is 54.6 Å². The highest BCUT2D eigenvalue weighted by Crippen LogP contribution is 2.16. The maximum absolute atomic E-state index is 10.7. The first-order valence-electron chi connectivity index (χ1n) is 8.05. The minimum atomic E-state index is -0.638. The van der Waals surface area contributed by atoms with Crippen LogP contribution in [0.5, 0.6) is 5.75 Å². The largest absolute Gasteiger partial charge is 0.491 e. The molecule has 0 heterocycles. The molecule has 0 aromatic heterocycles. The Labute approximate surface area is 142 Å². The van der Waals surface area contributed by atoms with E-state index in [0.29, 0.717) is 6.54 Å². The molecule has 0 aliphatic rings. The van der Waals surface area contributed by atoms with Crippen molar-refractivity contribution in [2.75, 3.05) is 19.7 Å². The van der Waals surface area contributed by atoms with E-state index in [4.69, 9.17) is 4.74 Å². The molecule has 3 N–H and O–H groups in total. The van der Waals surface area contributed by atoms with Crippen molar-refractivity contribution < 1.29 is 14.6 Å². The van der Waals surface area contributed by atoms with Crippen molar-refractivity contribution in [2.24, 2.45) is 0 Å². The molecule has 5 heteroatoms. The summed E-state index contributed by atoms with van der Waals surface area (Å²) in [5.74, 6) is 0.711. The molecule has 0 bridgehead atoms. The second-order valence-electron chi connectivity index (χ2n) is 5.54. The van der Waals surface area contributed by atoms with Gasteiger partial charge in [-0.3, -0.25) is 4.79 Å². The van der Waals surface area contributed by atoms with Crippen LogP contribution in [0, 0.1) is 0 Å². The number of benzene rings is 2. The highest BCUT2D eigenvalue weighted by molar-refractivity contribution is 5.72. The van der Waals surface area contributed by atoms with Crippen molar-refractivity contribution in [2.45, 2.75) is 19.6 Å². The monoisotopic (exact) mass is 328 g/mol. The Balaban J connectivity index is 1.71. The predicted molar refractivity (Wildman–Crippen MR) is 93.7 cm³/mol. The van der Waals surface area contributed by atoms with Crippen LogP contribution in [0.4, 0.5) is 0 Å². The van der Waals surface area contributed by atoms with Crippen LogP contribution in [0.3, 0.4) is 0 Å². The van der Waals surface area contributed by atoms with Crippen LogP contribution < -0.4 is 15.4 Å². The fourth-order valence-electron chi connectivity index (χ4n) is 2.21. The molecule has 0 radical (unpaired) electrons. The van der Waals surface area contributed by atoms with Gasteiger partial charge in [0.25, 0.3) is 0 Å². The molecule has 0 saturated heterocycles. The van der Waals surface area contributed by atoms with E-state index in [1.165, 1.54) is 6.92 Å². The van der Waals surface area contributed by atoms with Crippen molar-refractivity contribution in [1.29, 1.82) is 0 Å². The third-order valence-corrected chi connectivity index (χ3v) is 3.52. The first kappa shape index (κ1) is 18.0. The number of hydrogen-bond acceptors (Lipinski definition) is 4. The molecule has 2 aromatic rings. The van der Waals surface area contributed by atoms with Gasteiger partial charge in [-0.25, -0.2) is 0 Å². The van der Waals surface area contributed by atoms with Gasteiger partial charge in [0.2, 0.25) is 5.91 Å². The summed E-state index contributed by atoms with van der Waals surface area (Å²) < 4.78 is 5.63. The molecule has 1 amide bonds. The van der Waals surface area contributed by atoms with Crippen LogP contribution in [-0.2, 0) is 11.3 Å². The van der Waals surface area contributed by atoms with Crippen molar-refractivity contribution in [3.63, 3.8) is 0 Å². The first-order chi connectivity index (χ1) is 11.6. The number of ether oxygens (including phenoxy) is 1. The molecular formula is C19H24N2O3. The Morgan fingerprint density at radius 2 is 1.79 bits per heavy atom. The van der Waals surface area contributed by atoms with E-state index >= 15 is 0 Å². The van der Waals surface area contributed by atoms with Crippen LogP contribution in [0.2, 0.25) is 0 Å². The molecule has 0 aliphatic heterocycles. The Hall–Kier alpha value is -2.37. The molecular weight excluding hydrogens is 304 g/mol. The number of amides is 1. The summed E-state index contributed by atoms with van der Waals surface area (Å²) in [6, 6.07) is 17.2. The van der Waals surface area contributed by atoms with E-state index in [-0.39, 0.29) is 12.5 Å². The number of carbonyl (C=O) groups excluding carboxylic acids is 1. The van der Waals surface area contributed by atoms with E-state index in [2.05, 4.69) is 10.6 Å². The van der Waals surface area contributed by atoms with Gasteiger partial charge in [0.15, 0.2) is 0 Å². The molecule has 0 fully saturated rings. The number of aliphatic hydroxyl groups excluding tert-OH is 1. The maximum atomic E-state index is 10.7. The van der Waals surface area contributed by atoms with Crippen molar-refractivity contribution >= 4 is 5.91 Å². The molecule has 2 rings (SSSR count). The molecule has 5 nitrogen and oxygen atoms in total. The minimum absolute atomic E-state index is 0.0176. The molecule has 0 saturated carbocycles. The van der Waals surface area contributed by atoms with Gasteiger partial charge in [0.05, 0.1) is 0 Å². The van der Waals surface area contributed by atoms with Gasteiger partial charge in [0, 0.05) is 26.6 Å². The lowest BCUT2D eigenvalue weighted by atomic mass is 10.1. The summed E-state index contributed by atoms with van der Waals surface area (Å²) in [7, 11) is 0. The highest BCUT2D eigenvalue weighted by Gasteiger charge is 2.07. The summed E-state index contributed by atoms with van der Waals surface area (Å²) in [6.45, 7) is 3.80. The van der Waals surface area contributed by atoms with Crippen LogP contribution >= 0.6 is 0 Å². The normalized spacial score (nSPS) is 11.8. The molecule has 1 atom stereocenters. The maximum Gasteiger partial charge on any atom is 0.216 e. The summed E-state index contributed by atoms with van der Waals surface area (Å²) >= 11 is 0. The van der Waals surface area contributed by atoms with Crippen LogP contribution in [0.25, 0.3) is 0 Å². The summed E-state index contributed by atoms with van der Waals surface area (Å²) in [5.41, 5.74) is 1.98. The zero-order valence-corrected chi connectivity index (χ0v) is 13.9. The Morgan fingerprint density at radius 1 is 1.08 bits per heavy atom. The van der Waals surface area contributed by atoms with E-state index in [1.54, 1.807) is 0 Å². The van der Waals surface area contributed by atoms with Crippen LogP contribution in [0.1, 0.15) is 24.2 Å². The van der Waals surface area contributed by atoms with Gasteiger partial charge in [-0.15, -0.1) is 0 Å². The lowest BCUT2D eigenvalue weighted by Gasteiger charge is -2.13. The average Bonchev–Trinajstić information content (AvgIpc) is 2.61. The third kappa shape index (κ3) is 6.40. The van der Waals surface area contributed by atoms with E-state index < -0.39 is 6.10 Å². The third-order valence-electron chi connectivity index (χ3n) is 3.52. The quantitative estimate of drug-likeness (QED) is 0.616. The Morgan fingerprint density at radius 3 is 2.46 bits per heavy atom. The number of aliphatic hydroxyl groups is 1. The molecule has 0 aliphatic carbocycles. The first-order valence-corrected chi connectivity index (χ1v) is 8.05. The van der Waals surface area contributed by atoms with Gasteiger partial charge >= 0.3 is 0 Å². The van der Waals surface area contributed by atoms with Crippen molar-refractivity contribution in [1.82, 2.24) is 10.6 Å². The topological polar surface area (TPSA) is 70.6 Å². The smallest absolute Gasteiger partial charge is 0.216 e. The summed E-state index contributed by atoms with van der Waals surface area (Å²) in [6.07, 6.45) is -0.638. The zero-order valence-electron chi connectivity index (χ0n) is 13.9. The lowest BCUT2D eigenvalue weighted by molar-refractivity contribution is -0.118. The Kier molecular flexibility index (Phi) is 7.26. The number of hydrogen-bond donors (Lipinski definition) is 3. The Bertz CT molecular complexity index is 614. The highest BCUT2D eigenvalue weighted by atomic mass is 16.5. The summed E-state index contributed by atoms with van der Waals surface area (Å²) in [4.78, 5) is 10.7. The molecule has 0 spiro atoms. The number of carbonyl (C=O) groups is 1. The van der Waals surface area contributed by atoms with Crippen LogP contribution in [0.15, 0.2) is 54.6 Å². The average molecular weight is 328 g/mol. The van der Waals surface area contributed by atoms with Gasteiger partial charge in [-0.1, -0.05) is 42.5 Å². The molecule has 24 heavy (non-hydrogen) atoms. The van der Waals surface area contributed by atoms with E-state index in [0.717, 1.165) is 30.0 Å². The fraction of sp³-hybridized carbons (Fsp3) is 0.316. The standard InChI is InChI=1S/C19H24N2O3/c1-15(22)21-12-11-20-13-16-7-9-18(10-8-16)24-14-19(23)17-5-3-2-4-6-17/h2-10,19-20,23H,11-14H2,1H3,(H,21,22). The van der Waals surface area contributed by atoms with Gasteiger partial charge < -0.3 is 20.5 Å². The number of rotatable bonds is 9. The van der Waals surface area contributed by atoms with Crippen LogP contribution in [-0.4, -0.2) is 30.7 Å². The lowest BCUT2D eigenvalue weighted by Crippen LogP contribution is -2.29. The van der Waals surface area contributed by atoms with Gasteiger partial charge in [-0.2, -0.15) is 0 Å². The minimum Gasteiger partial charge on any atom is -0.491 e. The molecule has 1 unspecified atom stereocenters. The van der Waals surface area contributed by atoms with Crippen molar-refractivity contribution in [3.05, 3.63) is 65.7 Å². The predicted octanol–water partition coefficient (Wildman–Crippen LogP) is 2.02. The SMILES string of the molecule is CC(=O)NCCNCc1ccc(OCC(O)c2ccccc2)cc1. The zero-order chi connectivity index (χ0) is 17.2. The second-order valence-corrected chi connectivity index (χ2v) is 5.54. The fourth-order valence-corrected chi connectivity index (χ4v) is 2.21. The van der Waals surface area contributed by atoms with Crippen molar-refractivity contribution in [3.8, 4) is 5.75 Å².